The number of amides is 2. The Balaban J connectivity index is 1.85. The van der Waals surface area contributed by atoms with Crippen LogP contribution in [0.2, 0.25) is 5.02 Å². The van der Waals surface area contributed by atoms with Crippen molar-refractivity contribution in [2.45, 2.75) is 18.4 Å². The summed E-state index contributed by atoms with van der Waals surface area (Å²) in [7, 11) is 0. The molecule has 1 aromatic heterocycles. The number of aryl methyl sites for hydroxylation is 1. The third kappa shape index (κ3) is 4.06. The van der Waals surface area contributed by atoms with Crippen molar-refractivity contribution in [2.75, 3.05) is 22.5 Å². The molecule has 2 amide bonds. The second-order valence-electron chi connectivity index (χ2n) is 5.93. The van der Waals surface area contributed by atoms with Gasteiger partial charge in [-0.05, 0) is 24.6 Å². The van der Waals surface area contributed by atoms with E-state index in [-0.39, 0.29) is 30.4 Å². The van der Waals surface area contributed by atoms with Gasteiger partial charge in [0.05, 0.1) is 27.6 Å². The fraction of sp³-hybridized carbons (Fsp3) is 0.222. The van der Waals surface area contributed by atoms with Gasteiger partial charge in [0.1, 0.15) is 12.2 Å². The molecule has 0 bridgehead atoms. The lowest BCUT2D eigenvalue weighted by atomic mass is 10.2. The van der Waals surface area contributed by atoms with Crippen molar-refractivity contribution in [3.05, 3.63) is 58.0 Å². The van der Waals surface area contributed by atoms with Gasteiger partial charge in [-0.15, -0.1) is 18.3 Å². The molecule has 1 aliphatic rings. The zero-order chi connectivity index (χ0) is 19.6. The molecule has 0 unspecified atom stereocenters. The van der Waals surface area contributed by atoms with Crippen molar-refractivity contribution >= 4 is 46.6 Å². The Morgan fingerprint density at radius 3 is 2.93 bits per heavy atom. The van der Waals surface area contributed by atoms with E-state index in [1.165, 1.54) is 22.9 Å². The number of hydrogen-bond acceptors (Lipinski definition) is 5. The van der Waals surface area contributed by atoms with Gasteiger partial charge in [0.2, 0.25) is 11.8 Å². The number of fused-ring (bicyclic) bond motifs is 1. The largest absolute Gasteiger partial charge is 0.323 e. The molecule has 9 heteroatoms. The maximum Gasteiger partial charge on any atom is 0.292 e. The van der Waals surface area contributed by atoms with Gasteiger partial charge in [0.15, 0.2) is 0 Å². The first kappa shape index (κ1) is 19.2. The molecule has 0 atom stereocenters. The quantitative estimate of drug-likeness (QED) is 0.774. The summed E-state index contributed by atoms with van der Waals surface area (Å²) in [4.78, 5) is 39.2. The van der Waals surface area contributed by atoms with Gasteiger partial charge in [-0.1, -0.05) is 23.7 Å². The molecule has 2 heterocycles. The summed E-state index contributed by atoms with van der Waals surface area (Å²) in [5, 5.41) is 7.13. The van der Waals surface area contributed by atoms with Crippen molar-refractivity contribution in [3.8, 4) is 0 Å². The van der Waals surface area contributed by atoms with Crippen LogP contribution in [0.25, 0.3) is 0 Å². The van der Waals surface area contributed by atoms with E-state index in [2.05, 4.69) is 17.0 Å². The summed E-state index contributed by atoms with van der Waals surface area (Å²) in [5.74, 6) is -0.392. The van der Waals surface area contributed by atoms with Gasteiger partial charge in [0, 0.05) is 6.54 Å². The van der Waals surface area contributed by atoms with Crippen LogP contribution < -0.4 is 15.8 Å². The predicted molar refractivity (Wildman–Crippen MR) is 107 cm³/mol. The minimum atomic E-state index is -0.500. The standard InChI is InChI=1S/C18H17ClN4O3S/c1-3-6-22-16(25)10-27-14-8-20-23(18(26)17(14)22)9-15(24)21-13-5-4-11(2)7-12(13)19/h3-5,7-8H,1,6,9-10H2,2H3,(H,21,24). The van der Waals surface area contributed by atoms with Crippen molar-refractivity contribution < 1.29 is 9.59 Å². The Morgan fingerprint density at radius 1 is 1.44 bits per heavy atom. The molecule has 0 saturated carbocycles. The van der Waals surface area contributed by atoms with E-state index in [9.17, 15) is 14.4 Å². The van der Waals surface area contributed by atoms with E-state index < -0.39 is 11.5 Å². The van der Waals surface area contributed by atoms with Crippen LogP contribution in [-0.4, -0.2) is 33.9 Å². The van der Waals surface area contributed by atoms with Crippen LogP contribution in [0.4, 0.5) is 11.4 Å². The molecule has 27 heavy (non-hydrogen) atoms. The first-order valence-electron chi connectivity index (χ1n) is 8.11. The van der Waals surface area contributed by atoms with Crippen LogP contribution in [0.1, 0.15) is 5.56 Å². The second kappa shape index (κ2) is 7.98. The Kier molecular flexibility index (Phi) is 5.67. The Labute approximate surface area is 165 Å². The van der Waals surface area contributed by atoms with Crippen molar-refractivity contribution in [2.24, 2.45) is 0 Å². The molecular formula is C18H17ClN4O3S. The molecule has 2 aromatic rings. The monoisotopic (exact) mass is 404 g/mol. The summed E-state index contributed by atoms with van der Waals surface area (Å²) in [6, 6.07) is 5.25. The fourth-order valence-electron chi connectivity index (χ4n) is 2.64. The molecule has 0 saturated heterocycles. The third-order valence-electron chi connectivity index (χ3n) is 3.91. The van der Waals surface area contributed by atoms with Crippen LogP contribution in [-0.2, 0) is 16.1 Å². The lowest BCUT2D eigenvalue weighted by molar-refractivity contribution is -0.117. The smallest absolute Gasteiger partial charge is 0.292 e. The molecular weight excluding hydrogens is 388 g/mol. The summed E-state index contributed by atoms with van der Waals surface area (Å²) in [6.07, 6.45) is 3.05. The molecule has 1 N–H and O–H groups in total. The highest BCUT2D eigenvalue weighted by Crippen LogP contribution is 2.31. The lowest BCUT2D eigenvalue weighted by Gasteiger charge is -2.27. The van der Waals surface area contributed by atoms with E-state index >= 15 is 0 Å². The number of carbonyl (C=O) groups excluding carboxylic acids is 2. The minimum absolute atomic E-state index is 0.182. The first-order chi connectivity index (χ1) is 12.9. The predicted octanol–water partition coefficient (Wildman–Crippen LogP) is 2.47. The average Bonchev–Trinajstić information content (AvgIpc) is 2.62. The van der Waals surface area contributed by atoms with Gasteiger partial charge >= 0.3 is 0 Å². The SMILES string of the molecule is C=CCN1C(=O)CSc2cnn(CC(=O)Nc3ccc(C)cc3Cl)c(=O)c21. The number of thioether (sulfide) groups is 1. The number of nitrogens with one attached hydrogen (secondary N) is 1. The van der Waals surface area contributed by atoms with Gasteiger partial charge in [0.25, 0.3) is 5.56 Å². The molecule has 0 fully saturated rings. The molecule has 0 spiro atoms. The van der Waals surface area contributed by atoms with E-state index in [0.717, 1.165) is 10.2 Å². The fourth-order valence-corrected chi connectivity index (χ4v) is 3.81. The highest BCUT2D eigenvalue weighted by Gasteiger charge is 2.28. The zero-order valence-electron chi connectivity index (χ0n) is 14.6. The van der Waals surface area contributed by atoms with E-state index in [1.54, 1.807) is 18.2 Å². The van der Waals surface area contributed by atoms with Crippen molar-refractivity contribution in [1.82, 2.24) is 9.78 Å². The number of aromatic nitrogens is 2. The van der Waals surface area contributed by atoms with Crippen LogP contribution in [0.15, 0.2) is 46.7 Å². The molecule has 140 valence electrons. The first-order valence-corrected chi connectivity index (χ1v) is 9.47. The summed E-state index contributed by atoms with van der Waals surface area (Å²) < 4.78 is 1.03. The second-order valence-corrected chi connectivity index (χ2v) is 7.36. The highest BCUT2D eigenvalue weighted by atomic mass is 35.5. The maximum atomic E-state index is 12.8. The van der Waals surface area contributed by atoms with E-state index in [4.69, 9.17) is 11.6 Å². The van der Waals surface area contributed by atoms with Gasteiger partial charge in [-0.2, -0.15) is 5.10 Å². The molecule has 1 aromatic carbocycles. The summed E-state index contributed by atoms with van der Waals surface area (Å²) in [5.41, 5.74) is 1.15. The molecule has 0 radical (unpaired) electrons. The Hall–Kier alpha value is -2.58. The van der Waals surface area contributed by atoms with Crippen LogP contribution in [0.5, 0.6) is 0 Å². The Morgan fingerprint density at radius 2 is 2.22 bits per heavy atom. The van der Waals surface area contributed by atoms with E-state index in [0.29, 0.717) is 15.6 Å². The topological polar surface area (TPSA) is 84.3 Å². The summed E-state index contributed by atoms with van der Waals surface area (Å²) in [6.45, 7) is 5.44. The molecule has 1 aliphatic heterocycles. The van der Waals surface area contributed by atoms with Gasteiger partial charge in [-0.3, -0.25) is 14.4 Å². The molecule has 3 rings (SSSR count). The number of hydrogen-bond donors (Lipinski definition) is 1. The van der Waals surface area contributed by atoms with Crippen molar-refractivity contribution in [1.29, 1.82) is 0 Å². The van der Waals surface area contributed by atoms with Gasteiger partial charge in [-0.25, -0.2) is 4.68 Å². The summed E-state index contributed by atoms with van der Waals surface area (Å²) >= 11 is 7.37. The van der Waals surface area contributed by atoms with Crippen LogP contribution in [0, 0.1) is 6.92 Å². The Bertz CT molecular complexity index is 989. The van der Waals surface area contributed by atoms with Gasteiger partial charge < -0.3 is 10.2 Å². The lowest BCUT2D eigenvalue weighted by Crippen LogP contribution is -2.42. The third-order valence-corrected chi connectivity index (χ3v) is 5.22. The zero-order valence-corrected chi connectivity index (χ0v) is 16.1. The number of benzene rings is 1. The minimum Gasteiger partial charge on any atom is -0.323 e. The number of anilines is 2. The number of rotatable bonds is 5. The van der Waals surface area contributed by atoms with E-state index in [1.807, 2.05) is 13.0 Å². The maximum absolute atomic E-state index is 12.8. The van der Waals surface area contributed by atoms with Crippen LogP contribution in [0.3, 0.4) is 0 Å². The van der Waals surface area contributed by atoms with Crippen molar-refractivity contribution in [3.63, 3.8) is 0 Å². The van der Waals surface area contributed by atoms with Crippen LogP contribution >= 0.6 is 23.4 Å². The molecule has 7 nitrogen and oxygen atoms in total. The average molecular weight is 405 g/mol. The normalized spacial score (nSPS) is 13.3. The highest BCUT2D eigenvalue weighted by molar-refractivity contribution is 8.00. The number of carbonyl (C=O) groups is 2. The number of nitrogens with zero attached hydrogens (tertiary/aromatic N) is 3. The number of halogens is 1. The molecule has 0 aliphatic carbocycles.